The van der Waals surface area contributed by atoms with Crippen LogP contribution in [-0.4, -0.2) is 37.1 Å². The van der Waals surface area contributed by atoms with Gasteiger partial charge in [0, 0.05) is 12.6 Å². The summed E-state index contributed by atoms with van der Waals surface area (Å²) in [5, 5.41) is 3.65. The fourth-order valence-corrected chi connectivity index (χ4v) is 3.31. The normalized spacial score (nSPS) is 23.8. The Balaban J connectivity index is 2.32. The second kappa shape index (κ2) is 9.80. The van der Waals surface area contributed by atoms with Crippen molar-refractivity contribution in [2.24, 2.45) is 5.92 Å². The highest BCUT2D eigenvalue weighted by atomic mass is 15.1. The molecule has 0 aromatic heterocycles. The smallest absolute Gasteiger partial charge is 0.0194 e. The summed E-state index contributed by atoms with van der Waals surface area (Å²) in [6, 6.07) is 0.711. The molecule has 2 heteroatoms. The van der Waals surface area contributed by atoms with Crippen LogP contribution in [0.15, 0.2) is 0 Å². The number of hydrogen-bond acceptors (Lipinski definition) is 2. The van der Waals surface area contributed by atoms with Gasteiger partial charge in [-0.3, -0.25) is 0 Å². The Morgan fingerprint density at radius 2 is 1.94 bits per heavy atom. The summed E-state index contributed by atoms with van der Waals surface area (Å²) in [4.78, 5) is 2.71. The highest BCUT2D eigenvalue weighted by molar-refractivity contribution is 4.75. The third kappa shape index (κ3) is 6.19. The van der Waals surface area contributed by atoms with Gasteiger partial charge in [-0.2, -0.15) is 0 Å². The van der Waals surface area contributed by atoms with Gasteiger partial charge in [0.05, 0.1) is 0 Å². The second-order valence-electron chi connectivity index (χ2n) is 5.93. The minimum Gasteiger partial charge on any atom is -0.313 e. The molecule has 0 aromatic rings. The lowest BCUT2D eigenvalue weighted by Crippen LogP contribution is -2.41. The zero-order valence-corrected chi connectivity index (χ0v) is 12.9. The molecule has 0 aliphatic carbocycles. The first-order chi connectivity index (χ1) is 8.80. The van der Waals surface area contributed by atoms with E-state index in [1.54, 1.807) is 0 Å². The quantitative estimate of drug-likeness (QED) is 0.711. The van der Waals surface area contributed by atoms with E-state index in [9.17, 15) is 0 Å². The maximum Gasteiger partial charge on any atom is 0.0194 e. The van der Waals surface area contributed by atoms with E-state index in [0.29, 0.717) is 6.04 Å². The van der Waals surface area contributed by atoms with Crippen LogP contribution in [0.3, 0.4) is 0 Å². The van der Waals surface area contributed by atoms with Gasteiger partial charge in [0.2, 0.25) is 0 Å². The summed E-state index contributed by atoms with van der Waals surface area (Å²) in [6.07, 6.45) is 9.73. The minimum atomic E-state index is 0.711. The standard InChI is InChI=1S/C16H34N2/c1-4-8-15-10-7-12-18(13-11-15)14-16(9-5-2)17-6-3/h15-17H,4-14H2,1-3H3. The van der Waals surface area contributed by atoms with Crippen molar-refractivity contribution in [3.05, 3.63) is 0 Å². The number of likely N-dealkylation sites (tertiary alicyclic amines) is 1. The number of likely N-dealkylation sites (N-methyl/N-ethyl adjacent to an activating group) is 1. The van der Waals surface area contributed by atoms with Crippen molar-refractivity contribution in [2.75, 3.05) is 26.2 Å². The maximum absolute atomic E-state index is 3.65. The molecule has 0 saturated carbocycles. The van der Waals surface area contributed by atoms with Gasteiger partial charge in [-0.1, -0.05) is 40.0 Å². The van der Waals surface area contributed by atoms with Crippen molar-refractivity contribution in [2.45, 2.75) is 71.8 Å². The molecule has 1 rings (SSSR count). The summed E-state index contributed by atoms with van der Waals surface area (Å²) >= 11 is 0. The van der Waals surface area contributed by atoms with Crippen molar-refractivity contribution in [1.82, 2.24) is 10.2 Å². The molecule has 1 saturated heterocycles. The average Bonchev–Trinajstić information content (AvgIpc) is 2.56. The molecule has 0 radical (unpaired) electrons. The lowest BCUT2D eigenvalue weighted by molar-refractivity contribution is 0.241. The lowest BCUT2D eigenvalue weighted by Gasteiger charge is -2.26. The number of hydrogen-bond donors (Lipinski definition) is 1. The molecular formula is C16H34N2. The molecule has 0 bridgehead atoms. The third-order valence-electron chi connectivity index (χ3n) is 4.25. The zero-order valence-electron chi connectivity index (χ0n) is 12.9. The second-order valence-corrected chi connectivity index (χ2v) is 5.93. The molecule has 108 valence electrons. The number of nitrogens with zero attached hydrogens (tertiary/aromatic N) is 1. The van der Waals surface area contributed by atoms with Crippen LogP contribution in [0.5, 0.6) is 0 Å². The summed E-state index contributed by atoms with van der Waals surface area (Å²) < 4.78 is 0. The monoisotopic (exact) mass is 254 g/mol. The van der Waals surface area contributed by atoms with E-state index in [0.717, 1.165) is 12.5 Å². The largest absolute Gasteiger partial charge is 0.313 e. The predicted molar refractivity (Wildman–Crippen MR) is 81.1 cm³/mol. The lowest BCUT2D eigenvalue weighted by atomic mass is 9.96. The highest BCUT2D eigenvalue weighted by Crippen LogP contribution is 2.22. The predicted octanol–water partition coefficient (Wildman–Crippen LogP) is 3.67. The van der Waals surface area contributed by atoms with Gasteiger partial charge < -0.3 is 10.2 Å². The van der Waals surface area contributed by atoms with Crippen LogP contribution in [0.2, 0.25) is 0 Å². The van der Waals surface area contributed by atoms with E-state index in [-0.39, 0.29) is 0 Å². The SMILES string of the molecule is CCCC1CCCN(CC(CCC)NCC)CC1. The molecule has 1 aliphatic heterocycles. The molecule has 1 N–H and O–H groups in total. The Morgan fingerprint density at radius 1 is 1.11 bits per heavy atom. The molecule has 2 nitrogen and oxygen atoms in total. The van der Waals surface area contributed by atoms with Crippen molar-refractivity contribution in [3.63, 3.8) is 0 Å². The molecule has 1 aliphatic rings. The van der Waals surface area contributed by atoms with Crippen LogP contribution in [0.1, 0.15) is 65.7 Å². The molecule has 2 atom stereocenters. The molecule has 0 amide bonds. The van der Waals surface area contributed by atoms with Crippen molar-refractivity contribution in [1.29, 1.82) is 0 Å². The zero-order chi connectivity index (χ0) is 13.2. The summed E-state index contributed by atoms with van der Waals surface area (Å²) in [5.74, 6) is 1.00. The fourth-order valence-electron chi connectivity index (χ4n) is 3.31. The topological polar surface area (TPSA) is 15.3 Å². The molecule has 0 aromatic carbocycles. The third-order valence-corrected chi connectivity index (χ3v) is 4.25. The average molecular weight is 254 g/mol. The molecule has 2 unspecified atom stereocenters. The first kappa shape index (κ1) is 16.0. The Kier molecular flexibility index (Phi) is 8.70. The molecule has 0 spiro atoms. The first-order valence-electron chi connectivity index (χ1n) is 8.25. The van der Waals surface area contributed by atoms with E-state index in [1.165, 1.54) is 64.6 Å². The van der Waals surface area contributed by atoms with Crippen LogP contribution >= 0.6 is 0 Å². The van der Waals surface area contributed by atoms with Gasteiger partial charge in [0.1, 0.15) is 0 Å². The maximum atomic E-state index is 3.65. The molecule has 18 heavy (non-hydrogen) atoms. The van der Waals surface area contributed by atoms with Gasteiger partial charge in [-0.05, 0) is 51.2 Å². The van der Waals surface area contributed by atoms with Crippen LogP contribution in [0.25, 0.3) is 0 Å². The molecule has 1 heterocycles. The van der Waals surface area contributed by atoms with E-state index in [2.05, 4.69) is 31.0 Å². The van der Waals surface area contributed by atoms with Crippen molar-refractivity contribution < 1.29 is 0 Å². The van der Waals surface area contributed by atoms with Gasteiger partial charge >= 0.3 is 0 Å². The molecule has 1 fully saturated rings. The highest BCUT2D eigenvalue weighted by Gasteiger charge is 2.18. The van der Waals surface area contributed by atoms with Gasteiger partial charge in [-0.15, -0.1) is 0 Å². The van der Waals surface area contributed by atoms with Gasteiger partial charge in [0.25, 0.3) is 0 Å². The Morgan fingerprint density at radius 3 is 2.61 bits per heavy atom. The Bertz CT molecular complexity index is 188. The Labute approximate surface area is 115 Å². The number of rotatable bonds is 8. The van der Waals surface area contributed by atoms with Crippen LogP contribution < -0.4 is 5.32 Å². The van der Waals surface area contributed by atoms with Gasteiger partial charge in [0.15, 0.2) is 0 Å². The number of nitrogens with one attached hydrogen (secondary N) is 1. The van der Waals surface area contributed by atoms with E-state index in [4.69, 9.17) is 0 Å². The first-order valence-corrected chi connectivity index (χ1v) is 8.25. The summed E-state index contributed by atoms with van der Waals surface area (Å²) in [5.41, 5.74) is 0. The summed E-state index contributed by atoms with van der Waals surface area (Å²) in [6.45, 7) is 11.9. The van der Waals surface area contributed by atoms with Crippen molar-refractivity contribution >= 4 is 0 Å². The molecular weight excluding hydrogens is 220 g/mol. The fraction of sp³-hybridized carbons (Fsp3) is 1.00. The van der Waals surface area contributed by atoms with E-state index < -0.39 is 0 Å². The minimum absolute atomic E-state index is 0.711. The van der Waals surface area contributed by atoms with Crippen LogP contribution in [-0.2, 0) is 0 Å². The van der Waals surface area contributed by atoms with E-state index in [1.807, 2.05) is 0 Å². The van der Waals surface area contributed by atoms with Crippen LogP contribution in [0, 0.1) is 5.92 Å². The Hall–Kier alpha value is -0.0800. The summed E-state index contributed by atoms with van der Waals surface area (Å²) in [7, 11) is 0. The van der Waals surface area contributed by atoms with Gasteiger partial charge in [-0.25, -0.2) is 0 Å². The van der Waals surface area contributed by atoms with E-state index >= 15 is 0 Å². The van der Waals surface area contributed by atoms with Crippen molar-refractivity contribution in [3.8, 4) is 0 Å². The van der Waals surface area contributed by atoms with Crippen LogP contribution in [0.4, 0.5) is 0 Å².